The molecule has 3 saturated carbocycles. The number of rotatable bonds is 2. The molecule has 0 saturated heterocycles. The molecular formula is C13H23N. The molecule has 0 radical (unpaired) electrons. The van der Waals surface area contributed by atoms with E-state index in [9.17, 15) is 0 Å². The lowest BCUT2D eigenvalue weighted by atomic mass is 9.88. The lowest BCUT2D eigenvalue weighted by Gasteiger charge is -2.23. The van der Waals surface area contributed by atoms with Crippen LogP contribution in [-0.2, 0) is 0 Å². The molecule has 14 heavy (non-hydrogen) atoms. The molecule has 3 aliphatic carbocycles. The number of nitrogens with two attached hydrogens (primary N) is 1. The Labute approximate surface area is 87.4 Å². The van der Waals surface area contributed by atoms with Crippen LogP contribution in [0, 0.1) is 23.7 Å². The zero-order valence-corrected chi connectivity index (χ0v) is 9.34. The van der Waals surface area contributed by atoms with Crippen LogP contribution in [0.4, 0.5) is 0 Å². The summed E-state index contributed by atoms with van der Waals surface area (Å²) in [5.74, 6) is 3.76. The Hall–Kier alpha value is -0.0400. The van der Waals surface area contributed by atoms with Crippen LogP contribution in [0.2, 0.25) is 0 Å². The van der Waals surface area contributed by atoms with Crippen LogP contribution in [0.5, 0.6) is 0 Å². The van der Waals surface area contributed by atoms with Crippen molar-refractivity contribution in [2.45, 2.75) is 57.4 Å². The van der Waals surface area contributed by atoms with Gasteiger partial charge in [0.2, 0.25) is 0 Å². The number of hydrogen-bond donors (Lipinski definition) is 1. The molecule has 0 aromatic rings. The van der Waals surface area contributed by atoms with E-state index >= 15 is 0 Å². The smallest absolute Gasteiger partial charge is 0.0246 e. The summed E-state index contributed by atoms with van der Waals surface area (Å²) in [7, 11) is 0. The van der Waals surface area contributed by atoms with Crippen molar-refractivity contribution in [3.05, 3.63) is 0 Å². The summed E-state index contributed by atoms with van der Waals surface area (Å²) >= 11 is 0. The fourth-order valence-electron chi connectivity index (χ4n) is 4.55. The van der Waals surface area contributed by atoms with E-state index in [-0.39, 0.29) is 0 Å². The summed E-state index contributed by atoms with van der Waals surface area (Å²) in [4.78, 5) is 0. The van der Waals surface area contributed by atoms with E-state index in [1.807, 2.05) is 0 Å². The fraction of sp³-hybridized carbons (Fsp3) is 1.00. The predicted molar refractivity (Wildman–Crippen MR) is 58.9 cm³/mol. The standard InChI is InChI=1S/C13H23N/c1-2-9-6-7-10(8-9)13(14)11-4-3-5-12(11)13/h9-12H,2-8,14H2,1H3. The summed E-state index contributed by atoms with van der Waals surface area (Å²) < 4.78 is 0. The molecule has 0 spiro atoms. The van der Waals surface area contributed by atoms with E-state index in [1.54, 1.807) is 0 Å². The van der Waals surface area contributed by atoms with E-state index < -0.39 is 0 Å². The van der Waals surface area contributed by atoms with Gasteiger partial charge in [-0.1, -0.05) is 26.2 Å². The SMILES string of the molecule is CCC1CCC(C2(N)C3CCCC32)C1. The Morgan fingerprint density at radius 3 is 2.43 bits per heavy atom. The molecule has 3 aliphatic rings. The Bertz CT molecular complexity index is 225. The van der Waals surface area contributed by atoms with Crippen molar-refractivity contribution in [3.63, 3.8) is 0 Å². The van der Waals surface area contributed by atoms with E-state index in [2.05, 4.69) is 6.92 Å². The highest BCUT2D eigenvalue weighted by molar-refractivity contribution is 5.21. The maximum atomic E-state index is 6.62. The molecule has 1 nitrogen and oxygen atoms in total. The average molecular weight is 193 g/mol. The van der Waals surface area contributed by atoms with Crippen molar-refractivity contribution in [1.29, 1.82) is 0 Å². The van der Waals surface area contributed by atoms with Crippen molar-refractivity contribution in [1.82, 2.24) is 0 Å². The van der Waals surface area contributed by atoms with Crippen LogP contribution in [0.25, 0.3) is 0 Å². The highest BCUT2D eigenvalue weighted by atomic mass is 14.9. The zero-order chi connectivity index (χ0) is 9.76. The van der Waals surface area contributed by atoms with Crippen molar-refractivity contribution >= 4 is 0 Å². The van der Waals surface area contributed by atoms with Gasteiger partial charge in [-0.2, -0.15) is 0 Å². The number of fused-ring (bicyclic) bond motifs is 1. The third-order valence-corrected chi connectivity index (χ3v) is 5.52. The molecule has 2 N–H and O–H groups in total. The fourth-order valence-corrected chi connectivity index (χ4v) is 4.55. The minimum Gasteiger partial charge on any atom is -0.324 e. The minimum absolute atomic E-state index is 0.322. The van der Waals surface area contributed by atoms with Gasteiger partial charge in [0.15, 0.2) is 0 Å². The second-order valence-electron chi connectivity index (χ2n) is 5.93. The topological polar surface area (TPSA) is 26.0 Å². The molecule has 3 rings (SSSR count). The van der Waals surface area contributed by atoms with Crippen molar-refractivity contribution in [2.75, 3.05) is 0 Å². The molecule has 0 heterocycles. The van der Waals surface area contributed by atoms with Crippen LogP contribution < -0.4 is 5.73 Å². The van der Waals surface area contributed by atoms with Crippen molar-refractivity contribution in [2.24, 2.45) is 29.4 Å². The van der Waals surface area contributed by atoms with Crippen LogP contribution >= 0.6 is 0 Å². The Balaban J connectivity index is 1.67. The molecule has 80 valence electrons. The molecule has 0 bridgehead atoms. The number of hydrogen-bond acceptors (Lipinski definition) is 1. The third kappa shape index (κ3) is 1.05. The first-order chi connectivity index (χ1) is 6.76. The lowest BCUT2D eigenvalue weighted by molar-refractivity contribution is 0.330. The maximum Gasteiger partial charge on any atom is 0.0246 e. The van der Waals surface area contributed by atoms with E-state index in [1.165, 1.54) is 44.9 Å². The van der Waals surface area contributed by atoms with Gasteiger partial charge in [0.05, 0.1) is 0 Å². The van der Waals surface area contributed by atoms with Crippen molar-refractivity contribution in [3.8, 4) is 0 Å². The van der Waals surface area contributed by atoms with Gasteiger partial charge in [-0.05, 0) is 49.4 Å². The molecule has 0 aromatic carbocycles. The largest absolute Gasteiger partial charge is 0.324 e. The predicted octanol–water partition coefficient (Wildman–Crippen LogP) is 2.94. The van der Waals surface area contributed by atoms with Gasteiger partial charge in [-0.25, -0.2) is 0 Å². The molecule has 1 heteroatoms. The normalized spacial score (nSPS) is 56.1. The summed E-state index contributed by atoms with van der Waals surface area (Å²) in [6.45, 7) is 2.34. The summed E-state index contributed by atoms with van der Waals surface area (Å²) in [6, 6.07) is 0. The molecule has 0 aliphatic heterocycles. The second-order valence-corrected chi connectivity index (χ2v) is 5.93. The highest BCUT2D eigenvalue weighted by Crippen LogP contribution is 2.65. The molecule has 4 atom stereocenters. The summed E-state index contributed by atoms with van der Waals surface area (Å²) in [5, 5.41) is 0. The monoisotopic (exact) mass is 193 g/mol. The van der Waals surface area contributed by atoms with E-state index in [4.69, 9.17) is 5.73 Å². The minimum atomic E-state index is 0.322. The van der Waals surface area contributed by atoms with Gasteiger partial charge in [0.25, 0.3) is 0 Å². The Morgan fingerprint density at radius 2 is 1.86 bits per heavy atom. The first-order valence-corrected chi connectivity index (χ1v) is 6.55. The third-order valence-electron chi connectivity index (χ3n) is 5.52. The zero-order valence-electron chi connectivity index (χ0n) is 9.34. The molecule has 3 fully saturated rings. The Morgan fingerprint density at radius 1 is 1.14 bits per heavy atom. The van der Waals surface area contributed by atoms with Crippen molar-refractivity contribution < 1.29 is 0 Å². The maximum absolute atomic E-state index is 6.62. The van der Waals surface area contributed by atoms with Crippen LogP contribution in [0.15, 0.2) is 0 Å². The molecule has 4 unspecified atom stereocenters. The lowest BCUT2D eigenvalue weighted by Crippen LogP contribution is -2.36. The second kappa shape index (κ2) is 2.98. The van der Waals surface area contributed by atoms with E-state index in [0.717, 1.165) is 23.7 Å². The highest BCUT2D eigenvalue weighted by Gasteiger charge is 2.67. The molecule has 0 aromatic heterocycles. The van der Waals surface area contributed by atoms with Crippen LogP contribution in [0.3, 0.4) is 0 Å². The first-order valence-electron chi connectivity index (χ1n) is 6.55. The van der Waals surface area contributed by atoms with Gasteiger partial charge < -0.3 is 5.73 Å². The van der Waals surface area contributed by atoms with Gasteiger partial charge in [0, 0.05) is 5.54 Å². The van der Waals surface area contributed by atoms with Crippen LogP contribution in [0.1, 0.15) is 51.9 Å². The quantitative estimate of drug-likeness (QED) is 0.717. The molecular weight excluding hydrogens is 170 g/mol. The van der Waals surface area contributed by atoms with Gasteiger partial charge in [-0.15, -0.1) is 0 Å². The van der Waals surface area contributed by atoms with E-state index in [0.29, 0.717) is 5.54 Å². The van der Waals surface area contributed by atoms with Gasteiger partial charge >= 0.3 is 0 Å². The first kappa shape index (κ1) is 9.21. The Kier molecular flexibility index (Phi) is 1.96. The van der Waals surface area contributed by atoms with Gasteiger partial charge in [0.1, 0.15) is 0 Å². The summed E-state index contributed by atoms with van der Waals surface area (Å²) in [5.41, 5.74) is 6.94. The summed E-state index contributed by atoms with van der Waals surface area (Å²) in [6.07, 6.45) is 10.0. The average Bonchev–Trinajstić information content (AvgIpc) is 2.77. The van der Waals surface area contributed by atoms with Crippen LogP contribution in [-0.4, -0.2) is 5.54 Å². The van der Waals surface area contributed by atoms with Gasteiger partial charge in [-0.3, -0.25) is 0 Å². The molecule has 0 amide bonds.